The molecule has 3 heteroatoms. The fourth-order valence-electron chi connectivity index (χ4n) is 4.19. The monoisotopic (exact) mass is 514 g/mol. The quantitative estimate of drug-likeness (QED) is 0.201. The highest BCUT2D eigenvalue weighted by Gasteiger charge is 2.08. The van der Waals surface area contributed by atoms with Crippen LogP contribution in [0.1, 0.15) is 33.4 Å². The van der Waals surface area contributed by atoms with Gasteiger partial charge in [-0.15, -0.1) is 0 Å². The van der Waals surface area contributed by atoms with Crippen LogP contribution >= 0.6 is 22.7 Å². The van der Waals surface area contributed by atoms with Crippen LogP contribution in [0.15, 0.2) is 97.1 Å². The zero-order valence-electron chi connectivity index (χ0n) is 20.8. The van der Waals surface area contributed by atoms with Crippen LogP contribution in [-0.2, 0) is 0 Å². The molecule has 0 saturated carbocycles. The van der Waals surface area contributed by atoms with Crippen molar-refractivity contribution in [3.8, 4) is 10.1 Å². The highest BCUT2D eigenvalue weighted by atomic mass is 32.1. The average Bonchev–Trinajstić information content (AvgIpc) is 3.50. The Kier molecular flexibility index (Phi) is 6.48. The van der Waals surface area contributed by atoms with Gasteiger partial charge in [0, 0.05) is 21.5 Å². The Morgan fingerprint density at radius 3 is 1.27 bits per heavy atom. The summed E-state index contributed by atoms with van der Waals surface area (Å²) in [6.45, 7) is 4.22. The lowest BCUT2D eigenvalue weighted by molar-refractivity contribution is 0.512. The van der Waals surface area contributed by atoms with Gasteiger partial charge < -0.3 is 4.74 Å². The van der Waals surface area contributed by atoms with Crippen molar-refractivity contribution in [3.05, 3.63) is 130 Å². The van der Waals surface area contributed by atoms with Gasteiger partial charge in [-0.1, -0.05) is 131 Å². The van der Waals surface area contributed by atoms with Gasteiger partial charge in [-0.05, 0) is 59.0 Å². The molecule has 0 bridgehead atoms. The van der Waals surface area contributed by atoms with E-state index in [-0.39, 0.29) is 0 Å². The van der Waals surface area contributed by atoms with Crippen LogP contribution in [0, 0.1) is 13.8 Å². The third-order valence-electron chi connectivity index (χ3n) is 6.34. The minimum absolute atomic E-state index is 0.917. The fraction of sp³-hybridized carbons (Fsp3) is 0.0588. The minimum Gasteiger partial charge on any atom is -0.436 e. The number of hydrogen-bond donors (Lipinski definition) is 0. The molecule has 0 amide bonds. The summed E-state index contributed by atoms with van der Waals surface area (Å²) in [5.41, 5.74) is 7.35. The van der Waals surface area contributed by atoms with Gasteiger partial charge in [0.25, 0.3) is 0 Å². The standard InChI is InChI=1S/C34H26OS2/c1-23-3-7-25(8-4-23)11-13-27-15-17-29-21-33(36-31(29)19-27)35-34-22-30-18-16-28(20-32(30)37-34)14-12-26-9-5-24(2)6-10-26/h3-22H,1-2H3/b13-11+,14-12+. The SMILES string of the molecule is Cc1ccc(/C=C/c2ccc3cc(Oc4cc5ccc(/C=C/c6ccc(C)cc6)cc5s4)sc3c2)cc1. The van der Waals surface area contributed by atoms with Gasteiger partial charge in [-0.25, -0.2) is 0 Å². The van der Waals surface area contributed by atoms with Crippen LogP contribution in [0.2, 0.25) is 0 Å². The topological polar surface area (TPSA) is 9.23 Å². The molecule has 0 radical (unpaired) electrons. The molecule has 2 heterocycles. The zero-order valence-corrected chi connectivity index (χ0v) is 22.4. The largest absolute Gasteiger partial charge is 0.436 e. The molecule has 0 aliphatic rings. The fourth-order valence-corrected chi connectivity index (χ4v) is 6.19. The number of aryl methyl sites for hydroxylation is 2. The zero-order chi connectivity index (χ0) is 25.2. The molecule has 0 aliphatic heterocycles. The van der Waals surface area contributed by atoms with Crippen molar-refractivity contribution in [1.29, 1.82) is 0 Å². The third-order valence-corrected chi connectivity index (χ3v) is 8.29. The van der Waals surface area contributed by atoms with Crippen molar-refractivity contribution < 1.29 is 4.74 Å². The number of hydrogen-bond acceptors (Lipinski definition) is 3. The summed E-state index contributed by atoms with van der Waals surface area (Å²) in [7, 11) is 0. The van der Waals surface area contributed by atoms with Crippen LogP contribution in [0.3, 0.4) is 0 Å². The van der Waals surface area contributed by atoms with Gasteiger partial charge in [0.05, 0.1) is 0 Å². The molecule has 0 unspecified atom stereocenters. The Morgan fingerprint density at radius 1 is 0.459 bits per heavy atom. The maximum absolute atomic E-state index is 6.31. The van der Waals surface area contributed by atoms with Crippen LogP contribution < -0.4 is 4.74 Å². The van der Waals surface area contributed by atoms with E-state index in [1.165, 1.54) is 53.6 Å². The number of fused-ring (bicyclic) bond motifs is 2. The summed E-state index contributed by atoms with van der Waals surface area (Å²) < 4.78 is 8.77. The molecule has 4 aromatic carbocycles. The van der Waals surface area contributed by atoms with Crippen LogP contribution in [0.25, 0.3) is 44.5 Å². The Bertz CT molecular complexity index is 1610. The van der Waals surface area contributed by atoms with E-state index in [9.17, 15) is 0 Å². The predicted octanol–water partition coefficient (Wildman–Crippen LogP) is 10.9. The Balaban J connectivity index is 1.18. The van der Waals surface area contributed by atoms with Crippen LogP contribution in [0.4, 0.5) is 0 Å². The molecule has 6 rings (SSSR count). The van der Waals surface area contributed by atoms with Gasteiger partial charge in [-0.3, -0.25) is 0 Å². The summed E-state index contributed by atoms with van der Waals surface area (Å²) in [5, 5.41) is 4.25. The summed E-state index contributed by atoms with van der Waals surface area (Å²) in [5.74, 6) is 0. The van der Waals surface area contributed by atoms with Gasteiger partial charge in [0.2, 0.25) is 0 Å². The third kappa shape index (κ3) is 5.59. The Morgan fingerprint density at radius 2 is 0.838 bits per heavy atom. The highest BCUT2D eigenvalue weighted by molar-refractivity contribution is 7.22. The molecular weight excluding hydrogens is 489 g/mol. The number of ether oxygens (including phenoxy) is 1. The first-order chi connectivity index (χ1) is 18.1. The molecule has 0 N–H and O–H groups in total. The molecule has 37 heavy (non-hydrogen) atoms. The van der Waals surface area contributed by atoms with Crippen molar-refractivity contribution in [1.82, 2.24) is 0 Å². The molecule has 1 nitrogen and oxygen atoms in total. The molecule has 0 aliphatic carbocycles. The number of rotatable bonds is 6. The molecular formula is C34H26OS2. The minimum atomic E-state index is 0.917. The lowest BCUT2D eigenvalue weighted by Crippen LogP contribution is -1.74. The van der Waals surface area contributed by atoms with E-state index >= 15 is 0 Å². The van der Waals surface area contributed by atoms with E-state index in [1.807, 2.05) is 0 Å². The lowest BCUT2D eigenvalue weighted by Gasteiger charge is -1.96. The first kappa shape index (κ1) is 23.5. The molecule has 0 atom stereocenters. The summed E-state index contributed by atoms with van der Waals surface area (Å²) in [6, 6.07) is 34.6. The average molecular weight is 515 g/mol. The molecule has 0 spiro atoms. The Hall–Kier alpha value is -3.92. The molecule has 0 fully saturated rings. The highest BCUT2D eigenvalue weighted by Crippen LogP contribution is 2.40. The van der Waals surface area contributed by atoms with Crippen molar-refractivity contribution in [2.75, 3.05) is 0 Å². The van der Waals surface area contributed by atoms with Gasteiger partial charge in [0.1, 0.15) is 0 Å². The van der Waals surface area contributed by atoms with E-state index < -0.39 is 0 Å². The van der Waals surface area contributed by atoms with Gasteiger partial charge >= 0.3 is 0 Å². The van der Waals surface area contributed by atoms with E-state index in [1.54, 1.807) is 22.7 Å². The lowest BCUT2D eigenvalue weighted by atomic mass is 10.1. The first-order valence-corrected chi connectivity index (χ1v) is 14.0. The van der Waals surface area contributed by atoms with Crippen molar-refractivity contribution >= 4 is 67.1 Å². The summed E-state index contributed by atoms with van der Waals surface area (Å²) >= 11 is 3.38. The van der Waals surface area contributed by atoms with Gasteiger partial charge in [-0.2, -0.15) is 0 Å². The van der Waals surface area contributed by atoms with E-state index in [2.05, 4.69) is 135 Å². The van der Waals surface area contributed by atoms with E-state index in [0.29, 0.717) is 0 Å². The molecule has 0 saturated heterocycles. The van der Waals surface area contributed by atoms with E-state index in [0.717, 1.165) is 10.1 Å². The summed E-state index contributed by atoms with van der Waals surface area (Å²) in [4.78, 5) is 0. The van der Waals surface area contributed by atoms with Gasteiger partial charge in [0.15, 0.2) is 10.1 Å². The Labute approximate surface area is 225 Å². The second-order valence-corrected chi connectivity index (χ2v) is 11.4. The molecule has 6 aromatic rings. The first-order valence-electron chi connectivity index (χ1n) is 12.3. The van der Waals surface area contributed by atoms with Crippen molar-refractivity contribution in [2.24, 2.45) is 0 Å². The van der Waals surface area contributed by atoms with E-state index in [4.69, 9.17) is 4.74 Å². The van der Waals surface area contributed by atoms with Crippen molar-refractivity contribution in [2.45, 2.75) is 13.8 Å². The maximum atomic E-state index is 6.31. The van der Waals surface area contributed by atoms with Crippen LogP contribution in [-0.4, -0.2) is 0 Å². The maximum Gasteiger partial charge on any atom is 0.183 e. The second kappa shape index (κ2) is 10.2. The predicted molar refractivity (Wildman–Crippen MR) is 164 cm³/mol. The number of benzene rings is 4. The number of thiophene rings is 2. The molecule has 2 aromatic heterocycles. The van der Waals surface area contributed by atoms with Crippen LogP contribution in [0.5, 0.6) is 10.1 Å². The normalized spacial score (nSPS) is 11.8. The smallest absolute Gasteiger partial charge is 0.183 e. The van der Waals surface area contributed by atoms with Crippen molar-refractivity contribution in [3.63, 3.8) is 0 Å². The second-order valence-electron chi connectivity index (χ2n) is 9.32. The summed E-state index contributed by atoms with van der Waals surface area (Å²) in [6.07, 6.45) is 8.66. The molecule has 180 valence electrons.